The number of carbonyl (C=O) groups is 3. The van der Waals surface area contributed by atoms with Crippen LogP contribution in [-0.4, -0.2) is 39.5 Å². The molecular weight excluding hydrogens is 524 g/mol. The Labute approximate surface area is 235 Å². The van der Waals surface area contributed by atoms with Crippen molar-refractivity contribution in [2.45, 2.75) is 19.8 Å². The second kappa shape index (κ2) is 11.5. The van der Waals surface area contributed by atoms with Crippen molar-refractivity contribution in [1.82, 2.24) is 14.8 Å². The highest BCUT2D eigenvalue weighted by Gasteiger charge is 2.36. The number of hydrogen-bond acceptors (Lipinski definition) is 7. The van der Waals surface area contributed by atoms with Crippen LogP contribution in [0.5, 0.6) is 0 Å². The number of esters is 1. The summed E-state index contributed by atoms with van der Waals surface area (Å²) in [6, 6.07) is 26.9. The number of anilines is 1. The molecule has 2 aromatic heterocycles. The Morgan fingerprint density at radius 2 is 1.57 bits per heavy atom. The monoisotopic (exact) mass is 550 g/mol. The number of methoxy groups -OCH3 is 1. The summed E-state index contributed by atoms with van der Waals surface area (Å²) >= 11 is 1.21. The van der Waals surface area contributed by atoms with Gasteiger partial charge in [-0.2, -0.15) is 5.10 Å². The van der Waals surface area contributed by atoms with Crippen molar-refractivity contribution in [2.75, 3.05) is 12.4 Å². The molecule has 0 saturated heterocycles. The molecule has 0 saturated carbocycles. The van der Waals surface area contributed by atoms with Crippen molar-refractivity contribution >= 4 is 34.7 Å². The van der Waals surface area contributed by atoms with Crippen molar-refractivity contribution < 1.29 is 19.1 Å². The zero-order valence-electron chi connectivity index (χ0n) is 22.1. The van der Waals surface area contributed by atoms with Crippen LogP contribution in [-0.2, 0) is 19.1 Å². The first-order valence-corrected chi connectivity index (χ1v) is 13.4. The number of aryl methyl sites for hydroxylation is 2. The van der Waals surface area contributed by atoms with E-state index in [9.17, 15) is 14.4 Å². The molecule has 0 fully saturated rings. The first kappa shape index (κ1) is 26.7. The number of benzene rings is 3. The van der Waals surface area contributed by atoms with Gasteiger partial charge in [-0.15, -0.1) is 11.3 Å². The summed E-state index contributed by atoms with van der Waals surface area (Å²) in [5, 5.41) is 9.44. The van der Waals surface area contributed by atoms with Crippen LogP contribution >= 0.6 is 11.3 Å². The fraction of sp³-hybridized carbons (Fsp3) is 0.129. The molecule has 8 nitrogen and oxygen atoms in total. The van der Waals surface area contributed by atoms with Crippen LogP contribution in [0.2, 0.25) is 0 Å². The van der Waals surface area contributed by atoms with E-state index in [4.69, 9.17) is 9.84 Å². The molecule has 3 aromatic carbocycles. The average molecular weight is 551 g/mol. The summed E-state index contributed by atoms with van der Waals surface area (Å²) in [7, 11) is 1.17. The van der Waals surface area contributed by atoms with Crippen LogP contribution < -0.4 is 5.32 Å². The standard InChI is InChI=1S/C31H26N4O4S/c1-19-14-15-23(20(2)16-19)32-29(37)28(36)27(30(38)39-3)25-18-40-31(33-25)35-26(22-12-8-5-9-13-22)17-24(34-35)21-10-6-4-7-11-21/h4-18,27H,1-3H3,(H,32,37)/t27-/m0/s1. The van der Waals surface area contributed by atoms with Gasteiger partial charge in [0.1, 0.15) is 0 Å². The normalized spacial score (nSPS) is 11.6. The summed E-state index contributed by atoms with van der Waals surface area (Å²) in [6.45, 7) is 3.76. The topological polar surface area (TPSA) is 103 Å². The minimum absolute atomic E-state index is 0.114. The number of ether oxygens (including phenoxy) is 1. The molecule has 2 heterocycles. The molecule has 0 bridgehead atoms. The number of Topliss-reactive ketones (excluding diaryl/α,β-unsaturated/α-hetero) is 1. The van der Waals surface area contributed by atoms with Crippen LogP contribution in [0.25, 0.3) is 27.6 Å². The molecule has 0 aliphatic carbocycles. The van der Waals surface area contributed by atoms with Crippen LogP contribution in [0, 0.1) is 13.8 Å². The second-order valence-electron chi connectivity index (χ2n) is 9.21. The quantitative estimate of drug-likeness (QED) is 0.150. The van der Waals surface area contributed by atoms with Crippen molar-refractivity contribution in [3.63, 3.8) is 0 Å². The van der Waals surface area contributed by atoms with Crippen LogP contribution in [0.15, 0.2) is 90.3 Å². The van der Waals surface area contributed by atoms with Gasteiger partial charge in [0.05, 0.1) is 24.2 Å². The summed E-state index contributed by atoms with van der Waals surface area (Å²) in [4.78, 5) is 43.6. The lowest BCUT2D eigenvalue weighted by Gasteiger charge is -2.13. The van der Waals surface area contributed by atoms with Gasteiger partial charge in [0, 0.05) is 22.2 Å². The van der Waals surface area contributed by atoms with E-state index in [0.29, 0.717) is 10.8 Å². The minimum Gasteiger partial charge on any atom is -0.468 e. The van der Waals surface area contributed by atoms with Crippen molar-refractivity contribution in [3.8, 4) is 27.6 Å². The van der Waals surface area contributed by atoms with Gasteiger partial charge in [-0.25, -0.2) is 9.67 Å². The smallest absolute Gasteiger partial charge is 0.323 e. The third-order valence-electron chi connectivity index (χ3n) is 6.39. The van der Waals surface area contributed by atoms with E-state index in [0.717, 1.165) is 33.6 Å². The van der Waals surface area contributed by atoms with E-state index in [2.05, 4.69) is 10.3 Å². The van der Waals surface area contributed by atoms with E-state index in [1.807, 2.05) is 92.7 Å². The van der Waals surface area contributed by atoms with E-state index in [1.54, 1.807) is 16.1 Å². The molecule has 1 atom stereocenters. The molecule has 1 amide bonds. The largest absolute Gasteiger partial charge is 0.468 e. The lowest BCUT2D eigenvalue weighted by molar-refractivity contribution is -0.148. The highest BCUT2D eigenvalue weighted by Crippen LogP contribution is 2.31. The Bertz CT molecular complexity index is 1690. The molecule has 40 heavy (non-hydrogen) atoms. The third-order valence-corrected chi connectivity index (χ3v) is 7.22. The Balaban J connectivity index is 1.50. The maximum Gasteiger partial charge on any atom is 0.323 e. The predicted octanol–water partition coefficient (Wildman–Crippen LogP) is 5.74. The zero-order chi connectivity index (χ0) is 28.2. The number of carbonyl (C=O) groups excluding carboxylic acids is 3. The van der Waals surface area contributed by atoms with Crippen molar-refractivity contribution in [3.05, 3.63) is 107 Å². The highest BCUT2D eigenvalue weighted by atomic mass is 32.1. The Kier molecular flexibility index (Phi) is 7.65. The number of thiazole rings is 1. The minimum atomic E-state index is -1.52. The van der Waals surface area contributed by atoms with E-state index in [1.165, 1.54) is 18.4 Å². The molecule has 9 heteroatoms. The molecule has 0 radical (unpaired) electrons. The average Bonchev–Trinajstić information content (AvgIpc) is 3.63. The molecule has 0 aliphatic rings. The zero-order valence-corrected chi connectivity index (χ0v) is 22.9. The second-order valence-corrected chi connectivity index (χ2v) is 10.0. The maximum atomic E-state index is 13.3. The Morgan fingerprint density at radius 1 is 0.900 bits per heavy atom. The molecule has 5 rings (SSSR count). The lowest BCUT2D eigenvalue weighted by Crippen LogP contribution is -2.33. The fourth-order valence-corrected chi connectivity index (χ4v) is 5.16. The van der Waals surface area contributed by atoms with Crippen LogP contribution in [0.4, 0.5) is 5.69 Å². The van der Waals surface area contributed by atoms with Gasteiger partial charge in [-0.1, -0.05) is 78.4 Å². The Morgan fingerprint density at radius 3 is 2.23 bits per heavy atom. The summed E-state index contributed by atoms with van der Waals surface area (Å²) in [5.41, 5.74) is 5.80. The number of ketones is 1. The highest BCUT2D eigenvalue weighted by molar-refractivity contribution is 7.12. The van der Waals surface area contributed by atoms with Gasteiger partial charge in [-0.05, 0) is 31.5 Å². The molecule has 1 N–H and O–H groups in total. The Hall–Kier alpha value is -4.89. The third kappa shape index (κ3) is 5.45. The summed E-state index contributed by atoms with van der Waals surface area (Å²) in [5.74, 6) is -4.28. The molecule has 5 aromatic rings. The number of hydrogen-bond donors (Lipinski definition) is 1. The van der Waals surface area contributed by atoms with Gasteiger partial charge >= 0.3 is 5.97 Å². The molecule has 0 aliphatic heterocycles. The number of nitrogens with one attached hydrogen (secondary N) is 1. The van der Waals surface area contributed by atoms with Crippen molar-refractivity contribution in [2.24, 2.45) is 0 Å². The van der Waals surface area contributed by atoms with E-state index in [-0.39, 0.29) is 5.69 Å². The van der Waals surface area contributed by atoms with E-state index < -0.39 is 23.6 Å². The van der Waals surface area contributed by atoms with Gasteiger partial charge in [0.15, 0.2) is 5.92 Å². The molecular formula is C31H26N4O4S. The number of nitrogens with zero attached hydrogens (tertiary/aromatic N) is 3. The fourth-order valence-electron chi connectivity index (χ4n) is 4.35. The summed E-state index contributed by atoms with van der Waals surface area (Å²) < 4.78 is 6.58. The van der Waals surface area contributed by atoms with Gasteiger partial charge in [0.25, 0.3) is 5.91 Å². The number of rotatable bonds is 8. The van der Waals surface area contributed by atoms with E-state index >= 15 is 0 Å². The first-order chi connectivity index (χ1) is 19.4. The van der Waals surface area contributed by atoms with Gasteiger partial charge in [-0.3, -0.25) is 14.4 Å². The predicted molar refractivity (Wildman–Crippen MR) is 154 cm³/mol. The molecule has 0 unspecified atom stereocenters. The van der Waals surface area contributed by atoms with Crippen molar-refractivity contribution in [1.29, 1.82) is 0 Å². The van der Waals surface area contributed by atoms with Gasteiger partial charge in [0.2, 0.25) is 10.9 Å². The number of aromatic nitrogens is 3. The summed E-state index contributed by atoms with van der Waals surface area (Å²) in [6.07, 6.45) is 0. The molecule has 200 valence electrons. The number of amides is 1. The SMILES string of the molecule is COC(=O)[C@H](C(=O)C(=O)Nc1ccc(C)cc1C)c1csc(-n2nc(-c3ccccc3)cc2-c2ccccc2)n1. The van der Waals surface area contributed by atoms with Gasteiger partial charge < -0.3 is 10.1 Å². The van der Waals surface area contributed by atoms with Crippen LogP contribution in [0.3, 0.4) is 0 Å². The maximum absolute atomic E-state index is 13.3. The van der Waals surface area contributed by atoms with Crippen LogP contribution in [0.1, 0.15) is 22.7 Å². The lowest BCUT2D eigenvalue weighted by atomic mass is 10.00. The molecule has 0 spiro atoms. The first-order valence-electron chi connectivity index (χ1n) is 12.5.